The molecule has 1 aliphatic heterocycles. The number of sulfonamides is 1. The molecular formula is C20H40N4O5S. The van der Waals surface area contributed by atoms with Crippen molar-refractivity contribution in [1.82, 2.24) is 19.8 Å². The Hall–Kier alpha value is -1.23. The molecule has 10 heteroatoms. The number of aliphatic hydroxyl groups is 1. The highest BCUT2D eigenvalue weighted by atomic mass is 32.2. The van der Waals surface area contributed by atoms with Crippen molar-refractivity contribution in [3.05, 3.63) is 0 Å². The van der Waals surface area contributed by atoms with E-state index >= 15 is 0 Å². The van der Waals surface area contributed by atoms with Crippen molar-refractivity contribution in [3.8, 4) is 0 Å². The summed E-state index contributed by atoms with van der Waals surface area (Å²) in [6.07, 6.45) is -0.0353. The molecule has 1 rings (SSSR count). The van der Waals surface area contributed by atoms with E-state index in [2.05, 4.69) is 36.3 Å². The first kappa shape index (κ1) is 26.8. The topological polar surface area (TPSA) is 119 Å². The fourth-order valence-corrected chi connectivity index (χ4v) is 4.13. The van der Waals surface area contributed by atoms with Crippen molar-refractivity contribution in [3.63, 3.8) is 0 Å². The number of hydrogen-bond acceptors (Lipinski definition) is 6. The Bertz CT molecular complexity index is 727. The summed E-state index contributed by atoms with van der Waals surface area (Å²) in [7, 11) is -2.07. The van der Waals surface area contributed by atoms with Gasteiger partial charge in [0.05, 0.1) is 23.9 Å². The van der Waals surface area contributed by atoms with Crippen LogP contribution in [0.3, 0.4) is 0 Å². The van der Waals surface area contributed by atoms with Gasteiger partial charge in [-0.3, -0.25) is 14.5 Å². The van der Waals surface area contributed by atoms with Crippen LogP contribution in [-0.2, 0) is 19.6 Å². The monoisotopic (exact) mass is 448 g/mol. The summed E-state index contributed by atoms with van der Waals surface area (Å²) in [4.78, 5) is 27.6. The van der Waals surface area contributed by atoms with Crippen LogP contribution < -0.4 is 10.6 Å². The molecule has 9 nitrogen and oxygen atoms in total. The summed E-state index contributed by atoms with van der Waals surface area (Å²) in [6, 6.07) is -1.23. The molecule has 0 radical (unpaired) electrons. The molecule has 0 aliphatic carbocycles. The lowest BCUT2D eigenvalue weighted by molar-refractivity contribution is -0.136. The predicted molar refractivity (Wildman–Crippen MR) is 117 cm³/mol. The fourth-order valence-electron chi connectivity index (χ4n) is 3.71. The summed E-state index contributed by atoms with van der Waals surface area (Å²) < 4.78 is 24.0. The Labute approximate surface area is 181 Å². The SMILES string of the molecule is CC1CN(C(C)(C)C(=O)N[C@@H](C)C(=O)N[C@@H](C)[C@H](O)CN(C)S(C)(=O)=O)C(C)C1C. The summed E-state index contributed by atoms with van der Waals surface area (Å²) in [5.41, 5.74) is -0.768. The highest BCUT2D eigenvalue weighted by molar-refractivity contribution is 7.88. The number of nitrogens with one attached hydrogen (secondary N) is 2. The van der Waals surface area contributed by atoms with Crippen molar-refractivity contribution >= 4 is 21.8 Å². The molecule has 0 bridgehead atoms. The van der Waals surface area contributed by atoms with E-state index < -0.39 is 39.7 Å². The molecule has 0 aromatic heterocycles. The van der Waals surface area contributed by atoms with Gasteiger partial charge in [0.2, 0.25) is 21.8 Å². The second kappa shape index (κ2) is 9.93. The van der Waals surface area contributed by atoms with Crippen molar-refractivity contribution in [2.45, 2.75) is 78.2 Å². The number of likely N-dealkylation sites (N-methyl/N-ethyl adjacent to an activating group) is 1. The first-order chi connectivity index (χ1) is 13.5. The third-order valence-electron chi connectivity index (χ3n) is 6.61. The van der Waals surface area contributed by atoms with Gasteiger partial charge in [0.1, 0.15) is 6.04 Å². The van der Waals surface area contributed by atoms with Crippen LogP contribution in [0.4, 0.5) is 0 Å². The number of amides is 2. The van der Waals surface area contributed by atoms with Crippen LogP contribution in [0.25, 0.3) is 0 Å². The molecular weight excluding hydrogens is 408 g/mol. The number of carbonyl (C=O) groups excluding carboxylic acids is 2. The van der Waals surface area contributed by atoms with Crippen LogP contribution in [0.15, 0.2) is 0 Å². The molecule has 6 atom stereocenters. The minimum atomic E-state index is -3.43. The average Bonchev–Trinajstić information content (AvgIpc) is 2.88. The molecule has 3 unspecified atom stereocenters. The van der Waals surface area contributed by atoms with E-state index in [4.69, 9.17) is 0 Å². The molecule has 30 heavy (non-hydrogen) atoms. The highest BCUT2D eigenvalue weighted by Crippen LogP contribution is 2.34. The number of likely N-dealkylation sites (tertiary alicyclic amines) is 1. The van der Waals surface area contributed by atoms with Gasteiger partial charge >= 0.3 is 0 Å². The predicted octanol–water partition coefficient (Wildman–Crippen LogP) is 0.00300. The molecule has 1 aliphatic rings. The Balaban J connectivity index is 2.67. The lowest BCUT2D eigenvalue weighted by Gasteiger charge is -2.38. The zero-order valence-corrected chi connectivity index (χ0v) is 20.6. The van der Waals surface area contributed by atoms with Crippen LogP contribution in [0.2, 0.25) is 0 Å². The minimum Gasteiger partial charge on any atom is -0.390 e. The van der Waals surface area contributed by atoms with E-state index in [-0.39, 0.29) is 18.5 Å². The van der Waals surface area contributed by atoms with Gasteiger partial charge in [0, 0.05) is 26.2 Å². The zero-order valence-electron chi connectivity index (χ0n) is 19.8. The Morgan fingerprint density at radius 1 is 1.20 bits per heavy atom. The molecule has 0 aromatic rings. The van der Waals surface area contributed by atoms with Crippen molar-refractivity contribution in [2.75, 3.05) is 26.4 Å². The van der Waals surface area contributed by atoms with Crippen LogP contribution in [-0.4, -0.2) is 90.7 Å². The van der Waals surface area contributed by atoms with Gasteiger partial charge < -0.3 is 15.7 Å². The first-order valence-corrected chi connectivity index (χ1v) is 12.3. The van der Waals surface area contributed by atoms with Crippen molar-refractivity contribution in [2.24, 2.45) is 11.8 Å². The maximum absolute atomic E-state index is 12.9. The third kappa shape index (κ3) is 6.38. The van der Waals surface area contributed by atoms with E-state index in [0.29, 0.717) is 11.8 Å². The lowest BCUT2D eigenvalue weighted by atomic mass is 9.94. The lowest BCUT2D eigenvalue weighted by Crippen LogP contribution is -2.60. The number of carbonyl (C=O) groups is 2. The molecule has 0 saturated carbocycles. The average molecular weight is 449 g/mol. The Morgan fingerprint density at radius 2 is 1.73 bits per heavy atom. The molecule has 1 fully saturated rings. The molecule has 2 amide bonds. The molecule has 1 saturated heterocycles. The van der Waals surface area contributed by atoms with Gasteiger partial charge in [-0.05, 0) is 46.5 Å². The fraction of sp³-hybridized carbons (Fsp3) is 0.900. The van der Waals surface area contributed by atoms with E-state index in [9.17, 15) is 23.1 Å². The van der Waals surface area contributed by atoms with Crippen LogP contribution in [0, 0.1) is 11.8 Å². The smallest absolute Gasteiger partial charge is 0.242 e. The van der Waals surface area contributed by atoms with Gasteiger partial charge in [-0.25, -0.2) is 12.7 Å². The van der Waals surface area contributed by atoms with Crippen LogP contribution >= 0.6 is 0 Å². The zero-order chi connectivity index (χ0) is 23.6. The Kier molecular flexibility index (Phi) is 8.87. The van der Waals surface area contributed by atoms with Gasteiger partial charge in [0.15, 0.2) is 0 Å². The van der Waals surface area contributed by atoms with E-state index in [1.807, 2.05) is 13.8 Å². The van der Waals surface area contributed by atoms with E-state index in [1.165, 1.54) is 7.05 Å². The molecule has 0 aromatic carbocycles. The molecule has 176 valence electrons. The second-order valence-corrected chi connectivity index (χ2v) is 11.5. The van der Waals surface area contributed by atoms with E-state index in [0.717, 1.165) is 17.1 Å². The maximum Gasteiger partial charge on any atom is 0.242 e. The minimum absolute atomic E-state index is 0.142. The highest BCUT2D eigenvalue weighted by Gasteiger charge is 2.45. The number of nitrogens with zero attached hydrogens (tertiary/aromatic N) is 2. The van der Waals surface area contributed by atoms with Crippen molar-refractivity contribution in [1.29, 1.82) is 0 Å². The summed E-state index contributed by atoms with van der Waals surface area (Å²) in [5, 5.41) is 15.6. The van der Waals surface area contributed by atoms with Gasteiger partial charge in [0.25, 0.3) is 0 Å². The summed E-state index contributed by atoms with van der Waals surface area (Å²) >= 11 is 0. The molecule has 1 heterocycles. The second-order valence-electron chi connectivity index (χ2n) is 9.39. The maximum atomic E-state index is 12.9. The summed E-state index contributed by atoms with van der Waals surface area (Å²) in [6.45, 7) is 14.1. The van der Waals surface area contributed by atoms with Crippen LogP contribution in [0.1, 0.15) is 48.5 Å². The Morgan fingerprint density at radius 3 is 2.17 bits per heavy atom. The summed E-state index contributed by atoms with van der Waals surface area (Å²) in [5.74, 6) is 0.289. The first-order valence-electron chi connectivity index (χ1n) is 10.5. The molecule has 3 N–H and O–H groups in total. The van der Waals surface area contributed by atoms with Crippen LogP contribution in [0.5, 0.6) is 0 Å². The quantitative estimate of drug-likeness (QED) is 0.457. The number of aliphatic hydroxyl groups excluding tert-OH is 1. The van der Waals surface area contributed by atoms with Gasteiger partial charge in [-0.15, -0.1) is 0 Å². The van der Waals surface area contributed by atoms with Gasteiger partial charge in [-0.1, -0.05) is 13.8 Å². The number of hydrogen-bond donors (Lipinski definition) is 3. The van der Waals surface area contributed by atoms with Crippen molar-refractivity contribution < 1.29 is 23.1 Å². The van der Waals surface area contributed by atoms with E-state index in [1.54, 1.807) is 13.8 Å². The largest absolute Gasteiger partial charge is 0.390 e. The standard InChI is InChI=1S/C20H40N4O5S/c1-12-10-24(16(5)13(12)2)20(6,7)19(27)22-15(4)18(26)21-14(3)17(25)11-23(8)30(9,28)29/h12-17,25H,10-11H2,1-9H3,(H,21,26)(H,22,27)/t12?,13?,14-,15-,16?,17+/m0/s1. The van der Waals surface area contributed by atoms with Gasteiger partial charge in [-0.2, -0.15) is 0 Å². The normalized spacial score (nSPS) is 26.3. The molecule has 0 spiro atoms. The third-order valence-corrected chi connectivity index (χ3v) is 7.89. The number of rotatable bonds is 9.